The van der Waals surface area contributed by atoms with Crippen LogP contribution in [0.2, 0.25) is 0 Å². The standard InChI is InChI=1S/C30H36N4O3/c1-19(2)28-14-25(15-29(36)32-17-23-7-5-22(16-31)6-8-23)20(3)13-26(28)18-33-30(37)24-9-11-27(12-10-24)34-21(4)35/h5-13,19,25-26,28H,14-15,17-18H2,1-4H3,(H,32,36)(H,33,37)(H,34,35). The van der Waals surface area contributed by atoms with Crippen LogP contribution < -0.4 is 16.0 Å². The van der Waals surface area contributed by atoms with E-state index in [-0.39, 0.29) is 29.6 Å². The number of allylic oxidation sites excluding steroid dienone is 1. The summed E-state index contributed by atoms with van der Waals surface area (Å²) in [5.74, 6) is 0.835. The van der Waals surface area contributed by atoms with Crippen molar-refractivity contribution in [3.8, 4) is 6.07 Å². The predicted molar refractivity (Wildman–Crippen MR) is 144 cm³/mol. The minimum atomic E-state index is -0.154. The normalized spacial score (nSPS) is 18.9. The van der Waals surface area contributed by atoms with Gasteiger partial charge in [-0.05, 0) is 79.0 Å². The molecular weight excluding hydrogens is 464 g/mol. The van der Waals surface area contributed by atoms with Crippen LogP contribution in [0.15, 0.2) is 60.2 Å². The highest BCUT2D eigenvalue weighted by molar-refractivity contribution is 5.95. The quantitative estimate of drug-likeness (QED) is 0.429. The van der Waals surface area contributed by atoms with E-state index in [4.69, 9.17) is 5.26 Å². The molecule has 3 unspecified atom stereocenters. The van der Waals surface area contributed by atoms with Crippen LogP contribution in [-0.2, 0) is 16.1 Å². The summed E-state index contributed by atoms with van der Waals surface area (Å²) in [7, 11) is 0. The van der Waals surface area contributed by atoms with Crippen molar-refractivity contribution in [2.45, 2.75) is 47.1 Å². The molecule has 0 saturated heterocycles. The molecule has 3 atom stereocenters. The number of rotatable bonds is 9. The largest absolute Gasteiger partial charge is 0.352 e. The Morgan fingerprint density at radius 1 is 1.03 bits per heavy atom. The van der Waals surface area contributed by atoms with Gasteiger partial charge in [-0.2, -0.15) is 5.26 Å². The third-order valence-corrected chi connectivity index (χ3v) is 7.05. The maximum Gasteiger partial charge on any atom is 0.251 e. The second kappa shape index (κ2) is 12.9. The summed E-state index contributed by atoms with van der Waals surface area (Å²) in [6.45, 7) is 8.87. The van der Waals surface area contributed by atoms with E-state index in [0.717, 1.165) is 12.0 Å². The van der Waals surface area contributed by atoms with E-state index >= 15 is 0 Å². The van der Waals surface area contributed by atoms with Crippen LogP contribution in [0, 0.1) is 35.0 Å². The zero-order valence-corrected chi connectivity index (χ0v) is 22.0. The summed E-state index contributed by atoms with van der Waals surface area (Å²) in [5.41, 5.74) is 3.95. The number of nitrogens with zero attached hydrogens (tertiary/aromatic N) is 1. The highest BCUT2D eigenvalue weighted by Crippen LogP contribution is 2.38. The predicted octanol–water partition coefficient (Wildman–Crippen LogP) is 4.81. The van der Waals surface area contributed by atoms with Gasteiger partial charge in [-0.1, -0.05) is 37.6 Å². The molecule has 194 valence electrons. The highest BCUT2D eigenvalue weighted by atomic mass is 16.2. The van der Waals surface area contributed by atoms with Crippen molar-refractivity contribution in [2.75, 3.05) is 11.9 Å². The van der Waals surface area contributed by atoms with Crippen molar-refractivity contribution in [3.63, 3.8) is 0 Å². The van der Waals surface area contributed by atoms with E-state index in [9.17, 15) is 14.4 Å². The molecule has 0 spiro atoms. The van der Waals surface area contributed by atoms with Crippen molar-refractivity contribution in [2.24, 2.45) is 23.7 Å². The molecule has 3 N–H and O–H groups in total. The fraction of sp³-hybridized carbons (Fsp3) is 0.400. The van der Waals surface area contributed by atoms with Gasteiger partial charge in [-0.25, -0.2) is 0 Å². The number of nitriles is 1. The molecule has 37 heavy (non-hydrogen) atoms. The lowest BCUT2D eigenvalue weighted by Gasteiger charge is -2.37. The van der Waals surface area contributed by atoms with E-state index in [1.165, 1.54) is 12.5 Å². The second-order valence-electron chi connectivity index (χ2n) is 10.2. The van der Waals surface area contributed by atoms with E-state index < -0.39 is 0 Å². The van der Waals surface area contributed by atoms with Crippen molar-refractivity contribution in [3.05, 3.63) is 76.9 Å². The minimum Gasteiger partial charge on any atom is -0.352 e. The Balaban J connectivity index is 1.56. The molecule has 0 radical (unpaired) electrons. The first kappa shape index (κ1) is 27.7. The molecule has 3 amide bonds. The van der Waals surface area contributed by atoms with Gasteiger partial charge in [0.1, 0.15) is 0 Å². The zero-order chi connectivity index (χ0) is 26.9. The fourth-order valence-corrected chi connectivity index (χ4v) is 4.92. The van der Waals surface area contributed by atoms with Gasteiger partial charge in [-0.3, -0.25) is 14.4 Å². The van der Waals surface area contributed by atoms with Gasteiger partial charge in [0.15, 0.2) is 0 Å². The first-order valence-corrected chi connectivity index (χ1v) is 12.8. The molecular formula is C30H36N4O3. The van der Waals surface area contributed by atoms with Crippen LogP contribution in [0.25, 0.3) is 0 Å². The molecule has 0 aliphatic heterocycles. The second-order valence-corrected chi connectivity index (χ2v) is 10.2. The average molecular weight is 501 g/mol. The van der Waals surface area contributed by atoms with E-state index in [0.29, 0.717) is 48.2 Å². The Labute approximate surface area is 219 Å². The van der Waals surface area contributed by atoms with Crippen LogP contribution in [0.3, 0.4) is 0 Å². The first-order chi connectivity index (χ1) is 17.7. The van der Waals surface area contributed by atoms with Crippen LogP contribution in [0.5, 0.6) is 0 Å². The lowest BCUT2D eigenvalue weighted by Crippen LogP contribution is -2.37. The molecule has 1 aliphatic rings. The smallest absolute Gasteiger partial charge is 0.251 e. The Bertz CT molecular complexity index is 1180. The number of amides is 3. The molecule has 2 aromatic carbocycles. The summed E-state index contributed by atoms with van der Waals surface area (Å²) >= 11 is 0. The number of nitrogens with one attached hydrogen (secondary N) is 3. The van der Waals surface area contributed by atoms with Crippen LogP contribution in [-0.4, -0.2) is 24.3 Å². The SMILES string of the molecule is CC(=O)Nc1ccc(C(=O)NCC2C=C(C)C(CC(=O)NCc3ccc(C#N)cc3)CC2C(C)C)cc1. The molecule has 0 fully saturated rings. The summed E-state index contributed by atoms with van der Waals surface area (Å²) in [4.78, 5) is 36.6. The Morgan fingerprint density at radius 3 is 2.30 bits per heavy atom. The molecule has 7 nitrogen and oxygen atoms in total. The monoisotopic (exact) mass is 500 g/mol. The van der Waals surface area contributed by atoms with Gasteiger partial charge in [0.2, 0.25) is 11.8 Å². The number of hydrogen-bond acceptors (Lipinski definition) is 4. The van der Waals surface area contributed by atoms with Crippen LogP contribution >= 0.6 is 0 Å². The Hall–Kier alpha value is -3.92. The molecule has 0 bridgehead atoms. The third-order valence-electron chi connectivity index (χ3n) is 7.05. The van der Waals surface area contributed by atoms with Crippen molar-refractivity contribution < 1.29 is 14.4 Å². The van der Waals surface area contributed by atoms with Gasteiger partial charge in [0.25, 0.3) is 5.91 Å². The average Bonchev–Trinajstić information content (AvgIpc) is 2.87. The molecule has 2 aromatic rings. The van der Waals surface area contributed by atoms with Crippen molar-refractivity contribution in [1.82, 2.24) is 10.6 Å². The van der Waals surface area contributed by atoms with Crippen LogP contribution in [0.1, 0.15) is 62.0 Å². The van der Waals surface area contributed by atoms with E-state index in [1.807, 2.05) is 12.1 Å². The van der Waals surface area contributed by atoms with Gasteiger partial charge < -0.3 is 16.0 Å². The Kier molecular flexibility index (Phi) is 9.62. The van der Waals surface area contributed by atoms with Crippen molar-refractivity contribution in [1.29, 1.82) is 5.26 Å². The number of benzene rings is 2. The third kappa shape index (κ3) is 8.04. The lowest BCUT2D eigenvalue weighted by atomic mass is 9.69. The Morgan fingerprint density at radius 2 is 1.70 bits per heavy atom. The van der Waals surface area contributed by atoms with Gasteiger partial charge >= 0.3 is 0 Å². The zero-order valence-electron chi connectivity index (χ0n) is 22.0. The van der Waals surface area contributed by atoms with Crippen molar-refractivity contribution >= 4 is 23.4 Å². The molecule has 3 rings (SSSR count). The fourth-order valence-electron chi connectivity index (χ4n) is 4.92. The molecule has 0 saturated carbocycles. The lowest BCUT2D eigenvalue weighted by molar-refractivity contribution is -0.122. The van der Waals surface area contributed by atoms with Gasteiger partial charge in [-0.15, -0.1) is 0 Å². The highest BCUT2D eigenvalue weighted by Gasteiger charge is 2.32. The maximum atomic E-state index is 12.7. The van der Waals surface area contributed by atoms with Gasteiger partial charge in [0.05, 0.1) is 11.6 Å². The number of hydrogen-bond donors (Lipinski definition) is 3. The molecule has 0 heterocycles. The van der Waals surface area contributed by atoms with E-state index in [2.05, 4.69) is 48.9 Å². The van der Waals surface area contributed by atoms with E-state index in [1.54, 1.807) is 36.4 Å². The first-order valence-electron chi connectivity index (χ1n) is 12.8. The molecule has 7 heteroatoms. The summed E-state index contributed by atoms with van der Waals surface area (Å²) in [6, 6.07) is 16.2. The number of carbonyl (C=O) groups is 3. The molecule has 1 aliphatic carbocycles. The van der Waals surface area contributed by atoms with Crippen LogP contribution in [0.4, 0.5) is 5.69 Å². The van der Waals surface area contributed by atoms with Gasteiger partial charge in [0, 0.05) is 37.7 Å². The topological polar surface area (TPSA) is 111 Å². The summed E-state index contributed by atoms with van der Waals surface area (Å²) < 4.78 is 0. The number of anilines is 1. The summed E-state index contributed by atoms with van der Waals surface area (Å²) in [5, 5.41) is 17.7. The summed E-state index contributed by atoms with van der Waals surface area (Å²) in [6.07, 6.45) is 3.56. The maximum absolute atomic E-state index is 12.7. The molecule has 0 aromatic heterocycles. The number of carbonyl (C=O) groups excluding carboxylic acids is 3. The minimum absolute atomic E-state index is 0.0130.